The highest BCUT2D eigenvalue weighted by Crippen LogP contribution is 2.34. The molecule has 1 rings (SSSR count). The van der Waals surface area contributed by atoms with Gasteiger partial charge in [-0.05, 0) is 22.0 Å². The number of ether oxygens (including phenoxy) is 1. The first-order valence-electron chi connectivity index (χ1n) is 4.48. The van der Waals surface area contributed by atoms with Crippen LogP contribution in [0, 0.1) is 0 Å². The molecule has 0 amide bonds. The first-order chi connectivity index (χ1) is 8.27. The van der Waals surface area contributed by atoms with Gasteiger partial charge in [0.1, 0.15) is 4.21 Å². The van der Waals surface area contributed by atoms with Gasteiger partial charge in [0.05, 0.1) is 15.9 Å². The molecular formula is C8H9BrClNO5S2. The summed E-state index contributed by atoms with van der Waals surface area (Å²) in [7, 11) is -2.72. The van der Waals surface area contributed by atoms with Crippen LogP contribution in [0.25, 0.3) is 0 Å². The monoisotopic (exact) mass is 377 g/mol. The molecule has 0 saturated carbocycles. The molecule has 0 aliphatic rings. The minimum absolute atomic E-state index is 0.0172. The van der Waals surface area contributed by atoms with Gasteiger partial charge >= 0.3 is 5.97 Å². The molecule has 10 heteroatoms. The van der Waals surface area contributed by atoms with Crippen LogP contribution in [0.15, 0.2) is 14.1 Å². The molecule has 6 nitrogen and oxygen atoms in total. The molecule has 1 atom stereocenters. The summed E-state index contributed by atoms with van der Waals surface area (Å²) in [4.78, 5) is 10.9. The van der Waals surface area contributed by atoms with E-state index in [4.69, 9.17) is 11.6 Å². The number of hydrogen-bond acceptors (Lipinski definition) is 6. The van der Waals surface area contributed by atoms with Crippen LogP contribution in [0.3, 0.4) is 0 Å². The zero-order chi connectivity index (χ0) is 13.9. The van der Waals surface area contributed by atoms with Gasteiger partial charge in [-0.1, -0.05) is 11.6 Å². The molecule has 18 heavy (non-hydrogen) atoms. The summed E-state index contributed by atoms with van der Waals surface area (Å²) in [6.07, 6.45) is -1.55. The van der Waals surface area contributed by atoms with E-state index in [2.05, 4.69) is 25.4 Å². The fourth-order valence-corrected chi connectivity index (χ4v) is 4.42. The van der Waals surface area contributed by atoms with Gasteiger partial charge in [-0.2, -0.15) is 0 Å². The smallest absolute Gasteiger partial charge is 0.336 e. The van der Waals surface area contributed by atoms with Crippen molar-refractivity contribution < 1.29 is 23.1 Å². The molecule has 0 spiro atoms. The molecule has 0 saturated heterocycles. The summed E-state index contributed by atoms with van der Waals surface area (Å²) in [5.41, 5.74) is 0. The van der Waals surface area contributed by atoms with E-state index in [-0.39, 0.29) is 9.23 Å². The van der Waals surface area contributed by atoms with E-state index in [0.717, 1.165) is 18.4 Å². The average Bonchev–Trinajstić information content (AvgIpc) is 2.66. The fraction of sp³-hybridized carbons (Fsp3) is 0.375. The van der Waals surface area contributed by atoms with Crippen LogP contribution in [-0.4, -0.2) is 39.3 Å². The SMILES string of the molecule is COC(=O)C(O)CNS(=O)(=O)c1cc(Cl)c(Br)s1. The quantitative estimate of drug-likeness (QED) is 0.745. The fourth-order valence-electron chi connectivity index (χ4n) is 0.938. The van der Waals surface area contributed by atoms with Crippen LogP contribution in [0.4, 0.5) is 0 Å². The standard InChI is InChI=1S/C8H9BrClNO5S2/c1-16-8(13)5(12)3-11-18(14,15)6-2-4(10)7(9)17-6/h2,5,11-12H,3H2,1H3. The predicted octanol–water partition coefficient (Wildman–Crippen LogP) is 0.976. The molecule has 0 fully saturated rings. The highest BCUT2D eigenvalue weighted by atomic mass is 79.9. The number of aliphatic hydroxyl groups excluding tert-OH is 1. The summed E-state index contributed by atoms with van der Waals surface area (Å²) in [6, 6.07) is 1.27. The Balaban J connectivity index is 2.74. The number of carbonyl (C=O) groups excluding carboxylic acids is 1. The zero-order valence-electron chi connectivity index (χ0n) is 9.01. The van der Waals surface area contributed by atoms with Gasteiger partial charge in [-0.15, -0.1) is 11.3 Å². The highest BCUT2D eigenvalue weighted by Gasteiger charge is 2.22. The molecule has 1 unspecified atom stereocenters. The van der Waals surface area contributed by atoms with Gasteiger partial charge in [-0.3, -0.25) is 0 Å². The molecule has 1 aromatic heterocycles. The number of halogens is 2. The molecular weight excluding hydrogens is 370 g/mol. The Morgan fingerprint density at radius 1 is 1.72 bits per heavy atom. The van der Waals surface area contributed by atoms with Crippen molar-refractivity contribution in [2.24, 2.45) is 0 Å². The molecule has 2 N–H and O–H groups in total. The largest absolute Gasteiger partial charge is 0.467 e. The molecule has 0 bridgehead atoms. The van der Waals surface area contributed by atoms with E-state index in [1.807, 2.05) is 0 Å². The van der Waals surface area contributed by atoms with Crippen LogP contribution < -0.4 is 4.72 Å². The van der Waals surface area contributed by atoms with E-state index >= 15 is 0 Å². The third kappa shape index (κ3) is 3.90. The van der Waals surface area contributed by atoms with E-state index in [1.165, 1.54) is 6.07 Å². The maximum Gasteiger partial charge on any atom is 0.336 e. The molecule has 1 aromatic rings. The van der Waals surface area contributed by atoms with Crippen molar-refractivity contribution in [1.82, 2.24) is 4.72 Å². The minimum atomic E-state index is -3.81. The number of methoxy groups -OCH3 is 1. The molecule has 1 heterocycles. The Morgan fingerprint density at radius 2 is 2.33 bits per heavy atom. The Hall–Kier alpha value is -0.190. The summed E-state index contributed by atoms with van der Waals surface area (Å²) in [6.45, 7) is -0.470. The number of thiophene rings is 1. The molecule has 0 aliphatic heterocycles. The third-order valence-electron chi connectivity index (χ3n) is 1.83. The number of hydrogen-bond donors (Lipinski definition) is 2. The van der Waals surface area contributed by atoms with Gasteiger partial charge < -0.3 is 9.84 Å². The summed E-state index contributed by atoms with van der Waals surface area (Å²) in [5, 5.41) is 9.53. The van der Waals surface area contributed by atoms with Crippen LogP contribution in [0.5, 0.6) is 0 Å². The van der Waals surface area contributed by atoms with Crippen LogP contribution >= 0.6 is 38.9 Å². The Morgan fingerprint density at radius 3 is 2.78 bits per heavy atom. The lowest BCUT2D eigenvalue weighted by Gasteiger charge is -2.09. The van der Waals surface area contributed by atoms with Crippen molar-refractivity contribution in [2.45, 2.75) is 10.3 Å². The van der Waals surface area contributed by atoms with E-state index in [0.29, 0.717) is 3.79 Å². The van der Waals surface area contributed by atoms with Crippen molar-refractivity contribution in [3.63, 3.8) is 0 Å². The number of carbonyl (C=O) groups is 1. The van der Waals surface area contributed by atoms with Crippen molar-refractivity contribution in [3.8, 4) is 0 Å². The third-order valence-corrected chi connectivity index (χ3v) is 6.20. The maximum atomic E-state index is 11.8. The summed E-state index contributed by atoms with van der Waals surface area (Å²) in [5.74, 6) is -0.914. The number of aliphatic hydroxyl groups is 1. The lowest BCUT2D eigenvalue weighted by Crippen LogP contribution is -2.36. The molecule has 102 valence electrons. The zero-order valence-corrected chi connectivity index (χ0v) is 13.0. The van der Waals surface area contributed by atoms with Crippen molar-refractivity contribution >= 4 is 54.9 Å². The summed E-state index contributed by atoms with van der Waals surface area (Å²) < 4.78 is 30.3. The topological polar surface area (TPSA) is 92.7 Å². The number of esters is 1. The van der Waals surface area contributed by atoms with Gasteiger partial charge in [0, 0.05) is 6.54 Å². The van der Waals surface area contributed by atoms with Crippen LogP contribution in [0.2, 0.25) is 5.02 Å². The summed E-state index contributed by atoms with van der Waals surface area (Å²) >= 11 is 9.74. The van der Waals surface area contributed by atoms with Crippen LogP contribution in [-0.2, 0) is 19.6 Å². The normalized spacial score (nSPS) is 13.3. The van der Waals surface area contributed by atoms with E-state index in [1.54, 1.807) is 0 Å². The highest BCUT2D eigenvalue weighted by molar-refractivity contribution is 9.11. The minimum Gasteiger partial charge on any atom is -0.467 e. The van der Waals surface area contributed by atoms with Gasteiger partial charge in [0.25, 0.3) is 0 Å². The van der Waals surface area contributed by atoms with Gasteiger partial charge in [-0.25, -0.2) is 17.9 Å². The van der Waals surface area contributed by atoms with E-state index in [9.17, 15) is 18.3 Å². The molecule has 0 aliphatic carbocycles. The Kier molecular flexibility index (Phi) is 5.56. The number of sulfonamides is 1. The van der Waals surface area contributed by atoms with Crippen molar-refractivity contribution in [1.29, 1.82) is 0 Å². The molecule has 0 radical (unpaired) electrons. The molecule has 0 aromatic carbocycles. The number of rotatable bonds is 5. The lowest BCUT2D eigenvalue weighted by atomic mass is 10.4. The second-order valence-corrected chi connectivity index (χ2v) is 7.85. The van der Waals surface area contributed by atoms with Crippen molar-refractivity contribution in [3.05, 3.63) is 14.9 Å². The second-order valence-electron chi connectivity index (χ2n) is 3.08. The Labute approximate surface area is 121 Å². The first kappa shape index (κ1) is 15.9. The first-order valence-corrected chi connectivity index (χ1v) is 7.95. The van der Waals surface area contributed by atoms with Gasteiger partial charge in [0.15, 0.2) is 6.10 Å². The maximum absolute atomic E-state index is 11.8. The number of nitrogens with one attached hydrogen (secondary N) is 1. The lowest BCUT2D eigenvalue weighted by molar-refractivity contribution is -0.149. The van der Waals surface area contributed by atoms with E-state index < -0.39 is 28.6 Å². The second kappa shape index (κ2) is 6.31. The Bertz CT molecular complexity index is 524. The predicted molar refractivity (Wildman–Crippen MR) is 70.2 cm³/mol. The average molecular weight is 379 g/mol. The van der Waals surface area contributed by atoms with Gasteiger partial charge in [0.2, 0.25) is 10.0 Å². The van der Waals surface area contributed by atoms with Crippen LogP contribution in [0.1, 0.15) is 0 Å². The van der Waals surface area contributed by atoms with Crippen molar-refractivity contribution in [2.75, 3.05) is 13.7 Å².